The van der Waals surface area contributed by atoms with Crippen LogP contribution in [-0.2, 0) is 9.53 Å². The number of benzene rings is 2. The van der Waals surface area contributed by atoms with Crippen molar-refractivity contribution in [3.05, 3.63) is 65.4 Å². The minimum atomic E-state index is -0.637. The van der Waals surface area contributed by atoms with E-state index in [1.54, 1.807) is 56.5 Å². The van der Waals surface area contributed by atoms with Gasteiger partial charge < -0.3 is 19.5 Å². The zero-order valence-corrected chi connectivity index (χ0v) is 15.2. The Balaban J connectivity index is 2.44. The number of hydrogen-bond donors (Lipinski definition) is 1. The quantitative estimate of drug-likeness (QED) is 0.637. The lowest BCUT2D eigenvalue weighted by molar-refractivity contribution is -0.136. The van der Waals surface area contributed by atoms with Crippen molar-refractivity contribution in [1.82, 2.24) is 5.32 Å². The summed E-state index contributed by atoms with van der Waals surface area (Å²) in [6.07, 6.45) is 0. The number of esters is 1. The number of nitrogens with one attached hydrogen (secondary N) is 1. The van der Waals surface area contributed by atoms with E-state index in [1.807, 2.05) is 6.07 Å². The summed E-state index contributed by atoms with van der Waals surface area (Å²) < 4.78 is 15.3. The lowest BCUT2D eigenvalue weighted by Crippen LogP contribution is -2.29. The molecule has 0 saturated heterocycles. The Morgan fingerprint density at radius 2 is 1.50 bits per heavy atom. The maximum Gasteiger partial charge on any atom is 0.354 e. The molecule has 0 bridgehead atoms. The van der Waals surface area contributed by atoms with Gasteiger partial charge in [0, 0.05) is 5.56 Å². The first-order valence-corrected chi connectivity index (χ1v) is 7.89. The molecular weight excluding hydrogens is 334 g/mol. The number of amides is 1. The summed E-state index contributed by atoms with van der Waals surface area (Å²) in [4.78, 5) is 24.7. The highest BCUT2D eigenvalue weighted by atomic mass is 16.5. The fraction of sp³-hybridized carbons (Fsp3) is 0.200. The van der Waals surface area contributed by atoms with Gasteiger partial charge in [0.2, 0.25) is 0 Å². The molecule has 136 valence electrons. The highest BCUT2D eigenvalue weighted by Gasteiger charge is 2.19. The summed E-state index contributed by atoms with van der Waals surface area (Å²) in [6.45, 7) is 1.72. The molecule has 2 rings (SSSR count). The van der Waals surface area contributed by atoms with Crippen molar-refractivity contribution in [2.75, 3.05) is 21.3 Å². The van der Waals surface area contributed by atoms with E-state index in [9.17, 15) is 9.59 Å². The maximum atomic E-state index is 12.4. The molecule has 0 aliphatic carbocycles. The Bertz CT molecular complexity index is 827. The second kappa shape index (κ2) is 8.71. The molecule has 0 fully saturated rings. The van der Waals surface area contributed by atoms with E-state index in [-0.39, 0.29) is 5.70 Å². The molecule has 0 atom stereocenters. The maximum absolute atomic E-state index is 12.4. The Kier molecular flexibility index (Phi) is 6.38. The third kappa shape index (κ3) is 4.22. The lowest BCUT2D eigenvalue weighted by atomic mass is 10.0. The Labute approximate surface area is 152 Å². The van der Waals surface area contributed by atoms with Gasteiger partial charge in [0.15, 0.2) is 11.5 Å². The number of carbonyl (C=O) groups excluding carboxylic acids is 2. The van der Waals surface area contributed by atoms with Crippen molar-refractivity contribution in [2.24, 2.45) is 0 Å². The largest absolute Gasteiger partial charge is 0.493 e. The number of hydrogen-bond acceptors (Lipinski definition) is 5. The van der Waals surface area contributed by atoms with E-state index < -0.39 is 11.9 Å². The molecule has 0 aliphatic rings. The molecule has 0 heterocycles. The topological polar surface area (TPSA) is 73.9 Å². The fourth-order valence-corrected chi connectivity index (χ4v) is 2.39. The summed E-state index contributed by atoms with van der Waals surface area (Å²) >= 11 is 0. The minimum Gasteiger partial charge on any atom is -0.493 e. The molecule has 6 nitrogen and oxygen atoms in total. The van der Waals surface area contributed by atoms with Gasteiger partial charge in [-0.1, -0.05) is 24.3 Å². The molecule has 6 heteroatoms. The number of carbonyl (C=O) groups is 2. The van der Waals surface area contributed by atoms with E-state index >= 15 is 0 Å². The van der Waals surface area contributed by atoms with Gasteiger partial charge in [-0.15, -0.1) is 0 Å². The molecule has 1 amide bonds. The van der Waals surface area contributed by atoms with E-state index in [4.69, 9.17) is 14.2 Å². The standard InChI is InChI=1S/C20H21NO5/c1-13(15-10-11-16(24-2)17(12-15)25-3)18(20(23)26-4)21-19(22)14-8-6-5-7-9-14/h5-12H,1-4H3,(H,21,22)/b18-13-. The molecule has 0 spiro atoms. The third-order valence-electron chi connectivity index (χ3n) is 3.86. The number of rotatable bonds is 6. The first-order chi connectivity index (χ1) is 12.5. The highest BCUT2D eigenvalue weighted by Crippen LogP contribution is 2.31. The van der Waals surface area contributed by atoms with E-state index in [2.05, 4.69) is 5.32 Å². The number of ether oxygens (including phenoxy) is 3. The van der Waals surface area contributed by atoms with Gasteiger partial charge >= 0.3 is 5.97 Å². The van der Waals surface area contributed by atoms with E-state index in [0.717, 1.165) is 0 Å². The van der Waals surface area contributed by atoms with Crippen LogP contribution in [0.1, 0.15) is 22.8 Å². The van der Waals surface area contributed by atoms with Gasteiger partial charge in [0.25, 0.3) is 5.91 Å². The zero-order chi connectivity index (χ0) is 19.1. The molecule has 0 radical (unpaired) electrons. The average molecular weight is 355 g/mol. The van der Waals surface area contributed by atoms with Crippen LogP contribution < -0.4 is 14.8 Å². The van der Waals surface area contributed by atoms with Gasteiger partial charge in [-0.2, -0.15) is 0 Å². The molecule has 2 aromatic rings. The summed E-state index contributed by atoms with van der Waals surface area (Å²) in [6, 6.07) is 13.9. The Morgan fingerprint density at radius 3 is 2.08 bits per heavy atom. The fourth-order valence-electron chi connectivity index (χ4n) is 2.39. The van der Waals surface area contributed by atoms with Gasteiger partial charge in [0.05, 0.1) is 21.3 Å². The second-order valence-corrected chi connectivity index (χ2v) is 5.38. The highest BCUT2D eigenvalue weighted by molar-refractivity contribution is 6.05. The summed E-state index contributed by atoms with van der Waals surface area (Å²) in [5.74, 6) is 0.0485. The first-order valence-electron chi connectivity index (χ1n) is 7.89. The SMILES string of the molecule is COC(=O)/C(NC(=O)c1ccccc1)=C(\C)c1ccc(OC)c(OC)c1. The van der Waals surface area contributed by atoms with Gasteiger partial charge in [-0.25, -0.2) is 4.79 Å². The molecule has 0 saturated carbocycles. The Morgan fingerprint density at radius 1 is 0.846 bits per heavy atom. The Hall–Kier alpha value is -3.28. The van der Waals surface area contributed by atoms with Gasteiger partial charge in [0.1, 0.15) is 5.70 Å². The van der Waals surface area contributed by atoms with Crippen molar-refractivity contribution in [1.29, 1.82) is 0 Å². The van der Waals surface area contributed by atoms with Crippen molar-refractivity contribution < 1.29 is 23.8 Å². The zero-order valence-electron chi connectivity index (χ0n) is 15.2. The van der Waals surface area contributed by atoms with Crippen LogP contribution in [0.25, 0.3) is 5.57 Å². The molecule has 0 unspecified atom stereocenters. The minimum absolute atomic E-state index is 0.0635. The predicted octanol–water partition coefficient (Wildman–Crippen LogP) is 3.04. The lowest BCUT2D eigenvalue weighted by Gasteiger charge is -2.14. The molecule has 0 aliphatic heterocycles. The van der Waals surface area contributed by atoms with E-state index in [0.29, 0.717) is 28.2 Å². The van der Waals surface area contributed by atoms with Crippen LogP contribution in [0.2, 0.25) is 0 Å². The summed E-state index contributed by atoms with van der Waals surface area (Å²) in [5, 5.41) is 2.64. The summed E-state index contributed by atoms with van der Waals surface area (Å²) in [5.41, 5.74) is 1.74. The summed E-state index contributed by atoms with van der Waals surface area (Å²) in [7, 11) is 4.33. The van der Waals surface area contributed by atoms with Gasteiger partial charge in [-0.05, 0) is 42.3 Å². The number of methoxy groups -OCH3 is 3. The average Bonchev–Trinajstić information content (AvgIpc) is 2.70. The normalized spacial score (nSPS) is 11.2. The van der Waals surface area contributed by atoms with Crippen LogP contribution in [-0.4, -0.2) is 33.2 Å². The van der Waals surface area contributed by atoms with Crippen molar-refractivity contribution >= 4 is 17.4 Å². The molecule has 0 aromatic heterocycles. The van der Waals surface area contributed by atoms with Crippen LogP contribution >= 0.6 is 0 Å². The van der Waals surface area contributed by atoms with Crippen LogP contribution in [0.4, 0.5) is 0 Å². The van der Waals surface area contributed by atoms with Crippen LogP contribution in [0.3, 0.4) is 0 Å². The van der Waals surface area contributed by atoms with E-state index in [1.165, 1.54) is 14.2 Å². The van der Waals surface area contributed by atoms with Crippen molar-refractivity contribution in [2.45, 2.75) is 6.92 Å². The smallest absolute Gasteiger partial charge is 0.354 e. The predicted molar refractivity (Wildman–Crippen MR) is 98.1 cm³/mol. The third-order valence-corrected chi connectivity index (χ3v) is 3.86. The first kappa shape index (κ1) is 19.1. The van der Waals surface area contributed by atoms with Crippen LogP contribution in [0, 0.1) is 0 Å². The molecule has 2 aromatic carbocycles. The van der Waals surface area contributed by atoms with Crippen LogP contribution in [0.15, 0.2) is 54.2 Å². The second-order valence-electron chi connectivity index (χ2n) is 5.38. The van der Waals surface area contributed by atoms with Crippen LogP contribution in [0.5, 0.6) is 11.5 Å². The van der Waals surface area contributed by atoms with Crippen molar-refractivity contribution in [3.63, 3.8) is 0 Å². The van der Waals surface area contributed by atoms with Crippen molar-refractivity contribution in [3.8, 4) is 11.5 Å². The molecule has 26 heavy (non-hydrogen) atoms. The molecule has 1 N–H and O–H groups in total. The molecular formula is C20H21NO5. The monoisotopic (exact) mass is 355 g/mol. The van der Waals surface area contributed by atoms with Gasteiger partial charge in [-0.3, -0.25) is 4.79 Å². The number of allylic oxidation sites excluding steroid dienone is 1.